The molecule has 0 saturated carbocycles. The molecule has 96 valence electrons. The van der Waals surface area contributed by atoms with E-state index in [2.05, 4.69) is 32.9 Å². The summed E-state index contributed by atoms with van der Waals surface area (Å²) < 4.78 is 5.81. The maximum Gasteiger partial charge on any atom is 0.119 e. The predicted octanol–water partition coefficient (Wildman–Crippen LogP) is 3.70. The molecule has 1 aromatic carbocycles. The molecule has 1 aromatic rings. The van der Waals surface area contributed by atoms with Crippen LogP contribution < -0.4 is 10.5 Å². The summed E-state index contributed by atoms with van der Waals surface area (Å²) in [4.78, 5) is 0. The second kappa shape index (κ2) is 6.65. The Morgan fingerprint density at radius 2 is 1.65 bits per heavy atom. The summed E-state index contributed by atoms with van der Waals surface area (Å²) in [6.45, 7) is 8.55. The van der Waals surface area contributed by atoms with Gasteiger partial charge < -0.3 is 10.5 Å². The van der Waals surface area contributed by atoms with Gasteiger partial charge in [0.05, 0.1) is 0 Å². The average molecular weight is 235 g/mol. The van der Waals surface area contributed by atoms with Crippen molar-refractivity contribution in [1.29, 1.82) is 0 Å². The minimum absolute atomic E-state index is 0.0643. The number of nitrogens with two attached hydrogens (primary N) is 1. The fourth-order valence-corrected chi connectivity index (χ4v) is 1.74. The lowest BCUT2D eigenvalue weighted by Gasteiger charge is -2.20. The molecule has 2 N–H and O–H groups in total. The zero-order chi connectivity index (χ0) is 12.8. The first-order valence-corrected chi connectivity index (χ1v) is 6.60. The van der Waals surface area contributed by atoms with Crippen LogP contribution in [0.15, 0.2) is 24.3 Å². The molecular formula is C15H25NO. The zero-order valence-electron chi connectivity index (χ0n) is 11.4. The highest BCUT2D eigenvalue weighted by molar-refractivity contribution is 5.29. The van der Waals surface area contributed by atoms with E-state index in [-0.39, 0.29) is 12.1 Å². The SMILES string of the molecule is CCC(C)c1ccc(OC(C)C(N)CC)cc1. The van der Waals surface area contributed by atoms with E-state index in [1.54, 1.807) is 0 Å². The van der Waals surface area contributed by atoms with Gasteiger partial charge in [0.25, 0.3) is 0 Å². The number of benzene rings is 1. The van der Waals surface area contributed by atoms with E-state index in [4.69, 9.17) is 10.5 Å². The molecule has 0 aliphatic rings. The number of hydrogen-bond acceptors (Lipinski definition) is 2. The van der Waals surface area contributed by atoms with Gasteiger partial charge in [-0.2, -0.15) is 0 Å². The van der Waals surface area contributed by atoms with Gasteiger partial charge in [0.15, 0.2) is 0 Å². The molecule has 2 heteroatoms. The van der Waals surface area contributed by atoms with Crippen molar-refractivity contribution in [2.45, 2.75) is 58.6 Å². The summed E-state index contributed by atoms with van der Waals surface area (Å²) in [5.41, 5.74) is 7.31. The van der Waals surface area contributed by atoms with Crippen LogP contribution in [0, 0.1) is 0 Å². The van der Waals surface area contributed by atoms with Crippen molar-refractivity contribution in [1.82, 2.24) is 0 Å². The molecule has 0 spiro atoms. The van der Waals surface area contributed by atoms with Gasteiger partial charge in [-0.05, 0) is 43.4 Å². The predicted molar refractivity (Wildman–Crippen MR) is 73.5 cm³/mol. The van der Waals surface area contributed by atoms with Gasteiger partial charge in [-0.15, -0.1) is 0 Å². The Morgan fingerprint density at radius 3 is 2.12 bits per heavy atom. The van der Waals surface area contributed by atoms with E-state index in [9.17, 15) is 0 Å². The highest BCUT2D eigenvalue weighted by atomic mass is 16.5. The second-order valence-corrected chi connectivity index (χ2v) is 4.77. The third-order valence-corrected chi connectivity index (χ3v) is 3.46. The van der Waals surface area contributed by atoms with E-state index in [0.29, 0.717) is 5.92 Å². The normalized spacial score (nSPS) is 16.3. The topological polar surface area (TPSA) is 35.2 Å². The smallest absolute Gasteiger partial charge is 0.119 e. The molecule has 0 radical (unpaired) electrons. The van der Waals surface area contributed by atoms with Gasteiger partial charge in [0.2, 0.25) is 0 Å². The number of rotatable bonds is 6. The monoisotopic (exact) mass is 235 g/mol. The largest absolute Gasteiger partial charge is 0.489 e. The molecular weight excluding hydrogens is 210 g/mol. The molecule has 0 aliphatic carbocycles. The fourth-order valence-electron chi connectivity index (χ4n) is 1.74. The van der Waals surface area contributed by atoms with Crippen LogP contribution in [-0.4, -0.2) is 12.1 Å². The van der Waals surface area contributed by atoms with E-state index >= 15 is 0 Å². The summed E-state index contributed by atoms with van der Waals surface area (Å²) in [5.74, 6) is 1.52. The van der Waals surface area contributed by atoms with Crippen molar-refractivity contribution >= 4 is 0 Å². The standard InChI is InChI=1S/C15H25NO/c1-5-11(3)13-7-9-14(10-8-13)17-12(4)15(16)6-2/h7-12,15H,5-6,16H2,1-4H3. The Morgan fingerprint density at radius 1 is 1.06 bits per heavy atom. The summed E-state index contributed by atoms with van der Waals surface area (Å²) in [5, 5.41) is 0. The minimum atomic E-state index is 0.0643. The van der Waals surface area contributed by atoms with Crippen molar-refractivity contribution in [3.8, 4) is 5.75 Å². The Labute approximate surface area is 105 Å². The van der Waals surface area contributed by atoms with Crippen LogP contribution in [0.25, 0.3) is 0 Å². The van der Waals surface area contributed by atoms with Crippen LogP contribution in [0.1, 0.15) is 52.0 Å². The van der Waals surface area contributed by atoms with Crippen LogP contribution in [0.3, 0.4) is 0 Å². The Balaban J connectivity index is 2.62. The van der Waals surface area contributed by atoms with Crippen molar-refractivity contribution in [3.63, 3.8) is 0 Å². The number of ether oxygens (including phenoxy) is 1. The highest BCUT2D eigenvalue weighted by Crippen LogP contribution is 2.22. The van der Waals surface area contributed by atoms with Crippen molar-refractivity contribution in [2.75, 3.05) is 0 Å². The third kappa shape index (κ3) is 4.04. The summed E-state index contributed by atoms with van der Waals surface area (Å²) in [6.07, 6.45) is 2.16. The Kier molecular flexibility index (Phi) is 5.49. The molecule has 0 amide bonds. The van der Waals surface area contributed by atoms with Gasteiger partial charge in [-0.3, -0.25) is 0 Å². The molecule has 3 atom stereocenters. The van der Waals surface area contributed by atoms with E-state index in [1.807, 2.05) is 19.1 Å². The number of hydrogen-bond donors (Lipinski definition) is 1. The fraction of sp³-hybridized carbons (Fsp3) is 0.600. The molecule has 0 fully saturated rings. The van der Waals surface area contributed by atoms with Crippen LogP contribution in [0.4, 0.5) is 0 Å². The lowest BCUT2D eigenvalue weighted by molar-refractivity contribution is 0.187. The maximum absolute atomic E-state index is 5.94. The van der Waals surface area contributed by atoms with Crippen molar-refractivity contribution in [2.24, 2.45) is 5.73 Å². The van der Waals surface area contributed by atoms with Crippen molar-refractivity contribution in [3.05, 3.63) is 29.8 Å². The molecule has 2 nitrogen and oxygen atoms in total. The molecule has 0 saturated heterocycles. The maximum atomic E-state index is 5.94. The van der Waals surface area contributed by atoms with Crippen LogP contribution in [0.2, 0.25) is 0 Å². The van der Waals surface area contributed by atoms with E-state index in [0.717, 1.165) is 18.6 Å². The molecule has 3 unspecified atom stereocenters. The van der Waals surface area contributed by atoms with Crippen LogP contribution in [0.5, 0.6) is 5.75 Å². The van der Waals surface area contributed by atoms with Gasteiger partial charge >= 0.3 is 0 Å². The first-order valence-electron chi connectivity index (χ1n) is 6.60. The zero-order valence-corrected chi connectivity index (χ0v) is 11.4. The third-order valence-electron chi connectivity index (χ3n) is 3.46. The Hall–Kier alpha value is -1.02. The molecule has 0 aliphatic heterocycles. The first-order chi connectivity index (χ1) is 8.08. The highest BCUT2D eigenvalue weighted by Gasteiger charge is 2.12. The van der Waals surface area contributed by atoms with E-state index in [1.165, 1.54) is 5.56 Å². The molecule has 0 bridgehead atoms. The quantitative estimate of drug-likeness (QED) is 0.816. The molecule has 17 heavy (non-hydrogen) atoms. The van der Waals surface area contributed by atoms with Crippen LogP contribution >= 0.6 is 0 Å². The summed E-state index contributed by atoms with van der Waals surface area (Å²) in [7, 11) is 0. The first kappa shape index (κ1) is 14.0. The van der Waals surface area contributed by atoms with Gasteiger partial charge in [0, 0.05) is 6.04 Å². The lowest BCUT2D eigenvalue weighted by atomic mass is 9.99. The van der Waals surface area contributed by atoms with Crippen molar-refractivity contribution < 1.29 is 4.74 Å². The van der Waals surface area contributed by atoms with E-state index < -0.39 is 0 Å². The summed E-state index contributed by atoms with van der Waals surface area (Å²) in [6, 6.07) is 8.48. The second-order valence-electron chi connectivity index (χ2n) is 4.77. The Bertz CT molecular complexity index is 320. The van der Waals surface area contributed by atoms with Gasteiger partial charge in [-0.25, -0.2) is 0 Å². The summed E-state index contributed by atoms with van der Waals surface area (Å²) >= 11 is 0. The van der Waals surface area contributed by atoms with Crippen LogP contribution in [-0.2, 0) is 0 Å². The molecule has 0 heterocycles. The van der Waals surface area contributed by atoms with Gasteiger partial charge in [0.1, 0.15) is 11.9 Å². The lowest BCUT2D eigenvalue weighted by Crippen LogP contribution is -2.35. The van der Waals surface area contributed by atoms with Gasteiger partial charge in [-0.1, -0.05) is 32.9 Å². The molecule has 1 rings (SSSR count). The molecule has 0 aromatic heterocycles. The average Bonchev–Trinajstić information content (AvgIpc) is 2.37. The minimum Gasteiger partial charge on any atom is -0.489 e.